The summed E-state index contributed by atoms with van der Waals surface area (Å²) in [5, 5.41) is 16.1. The maximum absolute atomic E-state index is 12.3. The molecule has 1 aliphatic rings. The summed E-state index contributed by atoms with van der Waals surface area (Å²) in [5.41, 5.74) is 13.7. The summed E-state index contributed by atoms with van der Waals surface area (Å²) in [6, 6.07) is -0.277. The van der Waals surface area contributed by atoms with E-state index in [9.17, 15) is 4.79 Å². The van der Waals surface area contributed by atoms with Crippen LogP contribution in [0, 0.1) is 0 Å². The number of methoxy groups -OCH3 is 1. The minimum absolute atomic E-state index is 0.135. The monoisotopic (exact) mass is 369 g/mol. The second kappa shape index (κ2) is 8.97. The van der Waals surface area contributed by atoms with Gasteiger partial charge in [-0.15, -0.1) is 11.8 Å². The molecule has 8 N–H and O–H groups in total. The fourth-order valence-corrected chi connectivity index (χ4v) is 3.74. The number of nitrogens with two attached hydrogens (primary N) is 2. The first-order valence-electron chi connectivity index (χ1n) is 8.10. The Bertz CT molecular complexity index is 593. The van der Waals surface area contributed by atoms with Crippen LogP contribution < -0.4 is 27.4 Å². The van der Waals surface area contributed by atoms with Crippen molar-refractivity contribution in [3.8, 4) is 0 Å². The third-order valence-corrected chi connectivity index (χ3v) is 5.50. The van der Waals surface area contributed by atoms with Gasteiger partial charge in [0.2, 0.25) is 0 Å². The quantitative estimate of drug-likeness (QED) is 0.175. The smallest absolute Gasteiger partial charge is 0.271 e. The van der Waals surface area contributed by atoms with Crippen LogP contribution in [-0.2, 0) is 9.53 Å². The molecule has 2 heterocycles. The highest BCUT2D eigenvalue weighted by Gasteiger charge is 2.46. The summed E-state index contributed by atoms with van der Waals surface area (Å²) >= 11 is 1.79. The molecule has 10 heteroatoms. The van der Waals surface area contributed by atoms with Gasteiger partial charge in [-0.2, -0.15) is 5.10 Å². The molecule has 0 aliphatic carbocycles. The fraction of sp³-hybridized carbons (Fsp3) is 0.600. The zero-order valence-corrected chi connectivity index (χ0v) is 15.5. The lowest BCUT2D eigenvalue weighted by atomic mass is 10.0. The Balaban J connectivity index is 1.95. The molecule has 4 atom stereocenters. The highest BCUT2D eigenvalue weighted by molar-refractivity contribution is 8.07. The molecule has 1 amide bonds. The molecule has 1 fully saturated rings. The van der Waals surface area contributed by atoms with Crippen molar-refractivity contribution >= 4 is 17.7 Å². The third-order valence-electron chi connectivity index (χ3n) is 4.06. The van der Waals surface area contributed by atoms with Crippen molar-refractivity contribution in [2.75, 3.05) is 27.3 Å². The Morgan fingerprint density at radius 2 is 2.32 bits per heavy atom. The topological polar surface area (TPSA) is 143 Å². The minimum Gasteiger partial charge on any atom is -0.384 e. The Morgan fingerprint density at radius 3 is 2.92 bits per heavy atom. The summed E-state index contributed by atoms with van der Waals surface area (Å²) in [4.78, 5) is 12.3. The molecule has 0 saturated carbocycles. The molecule has 25 heavy (non-hydrogen) atoms. The van der Waals surface area contributed by atoms with Crippen LogP contribution >= 0.6 is 11.8 Å². The summed E-state index contributed by atoms with van der Waals surface area (Å²) in [6.45, 7) is 2.78. The zero-order chi connectivity index (χ0) is 18.4. The van der Waals surface area contributed by atoms with E-state index in [-0.39, 0.29) is 34.8 Å². The van der Waals surface area contributed by atoms with Crippen LogP contribution in [0.1, 0.15) is 17.7 Å². The largest absolute Gasteiger partial charge is 0.384 e. The summed E-state index contributed by atoms with van der Waals surface area (Å²) in [5.74, 6) is -0.0263. The van der Waals surface area contributed by atoms with E-state index in [1.165, 1.54) is 0 Å². The van der Waals surface area contributed by atoms with Crippen molar-refractivity contribution in [3.63, 3.8) is 0 Å². The number of nitrogens with one attached hydrogen (secondary N) is 4. The van der Waals surface area contributed by atoms with Gasteiger partial charge < -0.3 is 32.2 Å². The average Bonchev–Trinajstić information content (AvgIpc) is 3.22. The number of hydrogen-bond donors (Lipinski definition) is 6. The Kier molecular flexibility index (Phi) is 6.97. The van der Waals surface area contributed by atoms with Crippen LogP contribution in [-0.4, -0.2) is 60.7 Å². The number of amides is 1. The molecule has 2 rings (SSSR count). The van der Waals surface area contributed by atoms with E-state index < -0.39 is 0 Å². The van der Waals surface area contributed by atoms with Crippen LogP contribution in [0.15, 0.2) is 23.9 Å². The van der Waals surface area contributed by atoms with Crippen molar-refractivity contribution < 1.29 is 9.53 Å². The van der Waals surface area contributed by atoms with Crippen molar-refractivity contribution in [2.45, 2.75) is 29.5 Å². The van der Waals surface area contributed by atoms with Gasteiger partial charge >= 0.3 is 0 Å². The molecule has 9 nitrogen and oxygen atoms in total. The van der Waals surface area contributed by atoms with Gasteiger partial charge in [-0.3, -0.25) is 9.89 Å². The van der Waals surface area contributed by atoms with Gasteiger partial charge in [0.05, 0.1) is 12.8 Å². The van der Waals surface area contributed by atoms with Crippen molar-refractivity contribution in [2.24, 2.45) is 11.5 Å². The molecule has 140 valence electrons. The average molecular weight is 369 g/mol. The molecule has 1 aromatic heterocycles. The molecular formula is C15H27N7O2S. The second-order valence-corrected chi connectivity index (χ2v) is 7.18. The van der Waals surface area contributed by atoms with E-state index in [4.69, 9.17) is 16.2 Å². The maximum Gasteiger partial charge on any atom is 0.271 e. The van der Waals surface area contributed by atoms with Crippen molar-refractivity contribution in [1.29, 1.82) is 0 Å². The van der Waals surface area contributed by atoms with Crippen molar-refractivity contribution in [1.82, 2.24) is 26.1 Å². The van der Waals surface area contributed by atoms with Crippen LogP contribution in [0.25, 0.3) is 0 Å². The number of thioether (sulfide) groups is 1. The number of nitrogens with zero attached hydrogens (tertiary/aromatic N) is 1. The summed E-state index contributed by atoms with van der Waals surface area (Å²) in [7, 11) is 3.24. The predicted molar refractivity (Wildman–Crippen MR) is 98.4 cm³/mol. The van der Waals surface area contributed by atoms with Gasteiger partial charge in [-0.25, -0.2) is 0 Å². The highest BCUT2D eigenvalue weighted by atomic mass is 32.2. The molecule has 1 aliphatic heterocycles. The van der Waals surface area contributed by atoms with Gasteiger partial charge in [0.15, 0.2) is 0 Å². The van der Waals surface area contributed by atoms with E-state index in [2.05, 4.69) is 26.1 Å². The number of rotatable bonds is 10. The molecule has 0 bridgehead atoms. The molecule has 0 spiro atoms. The van der Waals surface area contributed by atoms with Crippen LogP contribution in [0.5, 0.6) is 0 Å². The lowest BCUT2D eigenvalue weighted by Gasteiger charge is -2.24. The minimum atomic E-state index is -0.294. The number of aromatic nitrogens is 2. The van der Waals surface area contributed by atoms with Gasteiger partial charge in [0, 0.05) is 55.0 Å². The van der Waals surface area contributed by atoms with E-state index >= 15 is 0 Å². The molecule has 1 aromatic rings. The second-order valence-electron chi connectivity index (χ2n) is 5.85. The zero-order valence-electron chi connectivity index (χ0n) is 14.7. The first kappa shape index (κ1) is 19.4. The standard InChI is InChI=1S/C15H27N7O2S/c1-8(10(16)13-12(25-13)9-6-20-21-7-9)22-11(14(17)18-2)15(23)19-4-5-24-3/h6-8,10,12-13,18,22H,4-5,16-17H2,1-3H3,(H,19,23)(H,20,21)/b14-11+/t8-,10?,12-,13?/m0/s1. The maximum atomic E-state index is 12.3. The van der Waals surface area contributed by atoms with Gasteiger partial charge in [0.1, 0.15) is 11.5 Å². The number of carbonyl (C=O) groups excluding carboxylic acids is 1. The van der Waals surface area contributed by atoms with Crippen LogP contribution in [0.4, 0.5) is 0 Å². The highest BCUT2D eigenvalue weighted by Crippen LogP contribution is 2.56. The van der Waals surface area contributed by atoms with E-state index in [0.717, 1.165) is 5.56 Å². The lowest BCUT2D eigenvalue weighted by Crippen LogP contribution is -2.49. The number of carbonyl (C=O) groups is 1. The lowest BCUT2D eigenvalue weighted by molar-refractivity contribution is -0.118. The summed E-state index contributed by atoms with van der Waals surface area (Å²) < 4.78 is 4.94. The van der Waals surface area contributed by atoms with Crippen molar-refractivity contribution in [3.05, 3.63) is 29.5 Å². The normalized spacial score (nSPS) is 22.6. The van der Waals surface area contributed by atoms with Gasteiger partial charge in [-0.05, 0) is 6.92 Å². The Morgan fingerprint density at radius 1 is 1.56 bits per heavy atom. The predicted octanol–water partition coefficient (Wildman–Crippen LogP) is -1.02. The van der Waals surface area contributed by atoms with E-state index in [1.54, 1.807) is 25.9 Å². The molecule has 1 saturated heterocycles. The van der Waals surface area contributed by atoms with Gasteiger partial charge in [0.25, 0.3) is 5.91 Å². The molecular weight excluding hydrogens is 342 g/mol. The summed E-state index contributed by atoms with van der Waals surface area (Å²) in [6.07, 6.45) is 3.70. The van der Waals surface area contributed by atoms with Crippen LogP contribution in [0.2, 0.25) is 0 Å². The third kappa shape index (κ3) is 5.03. The first-order valence-corrected chi connectivity index (χ1v) is 9.04. The fourth-order valence-electron chi connectivity index (χ4n) is 2.46. The number of ether oxygens (including phenoxy) is 1. The molecule has 0 radical (unpaired) electrons. The SMILES string of the molecule is CN/C(N)=C(/N[C@@H](C)C(N)C1S[C@H]1c1cn[nH]c1)C(=O)NCCOC. The van der Waals surface area contributed by atoms with Gasteiger partial charge in [-0.1, -0.05) is 0 Å². The molecule has 0 aromatic carbocycles. The van der Waals surface area contributed by atoms with E-state index in [1.807, 2.05) is 19.3 Å². The number of hydrogen-bond acceptors (Lipinski definition) is 8. The van der Waals surface area contributed by atoms with E-state index in [0.29, 0.717) is 18.4 Å². The first-order chi connectivity index (χ1) is 12.0. The molecule has 2 unspecified atom stereocenters. The Labute approximate surface area is 151 Å². The number of H-pyrrole nitrogens is 1. The Hall–Kier alpha value is -1.91. The number of aromatic amines is 1. The van der Waals surface area contributed by atoms with Crippen LogP contribution in [0.3, 0.4) is 0 Å².